The maximum Gasteiger partial charge on any atom is 0.334 e. The lowest BCUT2D eigenvalue weighted by Gasteiger charge is -2.60. The fourth-order valence-electron chi connectivity index (χ4n) is 10.7. The molecule has 0 amide bonds. The summed E-state index contributed by atoms with van der Waals surface area (Å²) >= 11 is 0. The molecule has 6 heterocycles. The van der Waals surface area contributed by atoms with Gasteiger partial charge in [0.2, 0.25) is 5.79 Å². The number of hydrogen-bond donors (Lipinski definition) is 0. The molecule has 2 aliphatic carbocycles. The Bertz CT molecular complexity index is 1120. The van der Waals surface area contributed by atoms with Crippen LogP contribution in [0.2, 0.25) is 0 Å². The standard InChI is InChI=1S/C35H55NO8/c1-8-29(37)42-36-27(31-21(5)24-12-9-18(2)23-13-11-20(4)38-32(40-31)30(23)24)17-28-22(6)26-14-10-19(3)25-15-16-34(7)41-33(39-28)35(25,26)44-43-34/h18-26,28,30-33H,8-17H2,1-7H3/b36-27-/t18-,19-,20+,21-,22-,23+,24+,25+,26+,28-,30?,31+,32+,33-,34+,35-/m1/s1. The number of oxime groups is 1. The second kappa shape index (κ2) is 11.9. The van der Waals surface area contributed by atoms with Crippen LogP contribution >= 0.6 is 0 Å². The van der Waals surface area contributed by atoms with E-state index in [1.54, 1.807) is 6.92 Å². The van der Waals surface area contributed by atoms with Crippen LogP contribution in [0.5, 0.6) is 0 Å². The van der Waals surface area contributed by atoms with Gasteiger partial charge in [-0.3, -0.25) is 0 Å². The summed E-state index contributed by atoms with van der Waals surface area (Å²) in [5, 5.41) is 4.58. The first kappa shape index (κ1) is 31.5. The van der Waals surface area contributed by atoms with E-state index in [-0.39, 0.29) is 54.7 Å². The molecule has 1 spiro atoms. The van der Waals surface area contributed by atoms with Gasteiger partial charge in [0, 0.05) is 31.1 Å². The van der Waals surface area contributed by atoms with Crippen molar-refractivity contribution in [1.29, 1.82) is 0 Å². The summed E-state index contributed by atoms with van der Waals surface area (Å²) < 4.78 is 27.1. The van der Waals surface area contributed by atoms with Crippen LogP contribution in [-0.2, 0) is 38.4 Å². The molecule has 2 bridgehead atoms. The Morgan fingerprint density at radius 3 is 2.41 bits per heavy atom. The summed E-state index contributed by atoms with van der Waals surface area (Å²) in [7, 11) is 0. The first-order chi connectivity index (χ1) is 21.0. The maximum absolute atomic E-state index is 12.4. The average molecular weight is 618 g/mol. The molecular formula is C35H55NO8. The molecule has 0 aromatic carbocycles. The molecule has 8 rings (SSSR count). The van der Waals surface area contributed by atoms with Crippen LogP contribution in [0.25, 0.3) is 0 Å². The minimum Gasteiger partial charge on any atom is -0.349 e. The van der Waals surface area contributed by atoms with Crippen LogP contribution in [0.3, 0.4) is 0 Å². The van der Waals surface area contributed by atoms with Gasteiger partial charge in [0.15, 0.2) is 18.2 Å². The molecule has 2 saturated carbocycles. The number of carbonyl (C=O) groups excluding carboxylic acids is 1. The Morgan fingerprint density at radius 1 is 0.841 bits per heavy atom. The van der Waals surface area contributed by atoms with E-state index in [0.29, 0.717) is 41.9 Å². The Labute approximate surface area is 263 Å². The van der Waals surface area contributed by atoms with E-state index >= 15 is 0 Å². The van der Waals surface area contributed by atoms with Crippen molar-refractivity contribution in [2.24, 2.45) is 58.4 Å². The molecule has 0 aromatic rings. The lowest BCUT2D eigenvalue weighted by molar-refractivity contribution is -0.570. The third-order valence-electron chi connectivity index (χ3n) is 13.3. The highest BCUT2D eigenvalue weighted by molar-refractivity contribution is 5.90. The molecule has 248 valence electrons. The summed E-state index contributed by atoms with van der Waals surface area (Å²) in [4.78, 5) is 30.3. The van der Waals surface area contributed by atoms with Gasteiger partial charge in [-0.2, -0.15) is 0 Å². The highest BCUT2D eigenvalue weighted by Crippen LogP contribution is 2.61. The third-order valence-corrected chi connectivity index (χ3v) is 13.3. The van der Waals surface area contributed by atoms with Gasteiger partial charge in [0.1, 0.15) is 6.10 Å². The van der Waals surface area contributed by atoms with Gasteiger partial charge in [-0.25, -0.2) is 14.6 Å². The summed E-state index contributed by atoms with van der Waals surface area (Å²) in [5.74, 6) is 2.37. The van der Waals surface area contributed by atoms with Crippen molar-refractivity contribution in [2.45, 2.75) is 155 Å². The van der Waals surface area contributed by atoms with Crippen molar-refractivity contribution in [3.8, 4) is 0 Å². The lowest BCUT2D eigenvalue weighted by atomic mass is 9.57. The summed E-state index contributed by atoms with van der Waals surface area (Å²) in [6, 6.07) is 0. The van der Waals surface area contributed by atoms with Crippen LogP contribution in [0, 0.1) is 53.3 Å². The number of hydrogen-bond acceptors (Lipinski definition) is 9. The molecule has 8 aliphatic rings. The van der Waals surface area contributed by atoms with Crippen molar-refractivity contribution in [3.05, 3.63) is 0 Å². The molecule has 16 atom stereocenters. The zero-order chi connectivity index (χ0) is 31.0. The lowest BCUT2D eigenvalue weighted by Crippen LogP contribution is -2.70. The van der Waals surface area contributed by atoms with Gasteiger partial charge in [0.05, 0.1) is 17.9 Å². The van der Waals surface area contributed by atoms with Gasteiger partial charge in [-0.05, 0) is 93.8 Å². The quantitative estimate of drug-likeness (QED) is 0.144. The smallest absolute Gasteiger partial charge is 0.334 e. The molecule has 6 aliphatic heterocycles. The van der Waals surface area contributed by atoms with Crippen LogP contribution in [0.4, 0.5) is 0 Å². The minimum atomic E-state index is -0.825. The fourth-order valence-corrected chi connectivity index (χ4v) is 10.7. The molecule has 0 radical (unpaired) electrons. The Kier molecular flexibility index (Phi) is 8.48. The highest BCUT2D eigenvalue weighted by atomic mass is 17.3. The van der Waals surface area contributed by atoms with E-state index in [1.165, 1.54) is 12.8 Å². The Morgan fingerprint density at radius 2 is 1.61 bits per heavy atom. The predicted molar refractivity (Wildman–Crippen MR) is 162 cm³/mol. The zero-order valence-electron chi connectivity index (χ0n) is 27.9. The molecule has 9 nitrogen and oxygen atoms in total. The van der Waals surface area contributed by atoms with E-state index in [2.05, 4.69) is 39.8 Å². The normalized spacial score (nSPS) is 53.6. The molecule has 44 heavy (non-hydrogen) atoms. The highest BCUT2D eigenvalue weighted by Gasteiger charge is 2.69. The minimum absolute atomic E-state index is 0.150. The first-order valence-electron chi connectivity index (χ1n) is 17.8. The number of fused-ring (bicyclic) bond motifs is 2. The van der Waals surface area contributed by atoms with Gasteiger partial charge >= 0.3 is 5.97 Å². The van der Waals surface area contributed by atoms with Crippen molar-refractivity contribution in [3.63, 3.8) is 0 Å². The number of rotatable bonds is 5. The second-order valence-electron chi connectivity index (χ2n) is 15.8. The van der Waals surface area contributed by atoms with E-state index in [4.69, 9.17) is 33.6 Å². The SMILES string of the molecule is CCC(=O)O/N=C(/C[C@H]1O[C@@H]2O[C@]3(C)CC[C@H]4[C@H](C)CC[C@@H]([C@H]1C)[C@@]24OO3)[C@H]1O[C@@H]2O[C@@H](C)CC[C@@H]3C2[C@@H](CC[C@H]3C)[C@H]1C. The van der Waals surface area contributed by atoms with Gasteiger partial charge < -0.3 is 23.8 Å². The van der Waals surface area contributed by atoms with E-state index in [0.717, 1.165) is 44.2 Å². The average Bonchev–Trinajstić information content (AvgIpc) is 3.33. The largest absolute Gasteiger partial charge is 0.349 e. The van der Waals surface area contributed by atoms with Gasteiger partial charge in [-0.15, -0.1) is 0 Å². The molecule has 6 saturated heterocycles. The topological polar surface area (TPSA) is 94.0 Å². The second-order valence-corrected chi connectivity index (χ2v) is 15.8. The molecule has 8 fully saturated rings. The summed E-state index contributed by atoms with van der Waals surface area (Å²) in [6.45, 7) is 15.2. The van der Waals surface area contributed by atoms with Crippen LogP contribution in [0.1, 0.15) is 113 Å². The monoisotopic (exact) mass is 617 g/mol. The van der Waals surface area contributed by atoms with Crippen molar-refractivity contribution < 1.29 is 38.4 Å². The van der Waals surface area contributed by atoms with E-state index in [9.17, 15) is 4.79 Å². The first-order valence-corrected chi connectivity index (χ1v) is 17.8. The fraction of sp³-hybridized carbons (Fsp3) is 0.943. The Hall–Kier alpha value is -1.10. The van der Waals surface area contributed by atoms with Crippen LogP contribution in [-0.4, -0.2) is 54.0 Å². The van der Waals surface area contributed by atoms with Crippen LogP contribution in [0.15, 0.2) is 5.16 Å². The molecule has 0 N–H and O–H groups in total. The number of ether oxygens (including phenoxy) is 4. The van der Waals surface area contributed by atoms with Crippen molar-refractivity contribution in [1.82, 2.24) is 0 Å². The van der Waals surface area contributed by atoms with Crippen molar-refractivity contribution >= 4 is 11.7 Å². The molecule has 1 unspecified atom stereocenters. The van der Waals surface area contributed by atoms with Gasteiger partial charge in [0.25, 0.3) is 0 Å². The predicted octanol–water partition coefficient (Wildman–Crippen LogP) is 6.77. The van der Waals surface area contributed by atoms with E-state index < -0.39 is 17.7 Å². The van der Waals surface area contributed by atoms with E-state index in [1.807, 2.05) is 6.92 Å². The number of nitrogens with zero attached hydrogens (tertiary/aromatic N) is 1. The summed E-state index contributed by atoms with van der Waals surface area (Å²) in [5.41, 5.74) is 0.124. The van der Waals surface area contributed by atoms with Gasteiger partial charge in [-0.1, -0.05) is 46.2 Å². The molecule has 0 aromatic heterocycles. The molecular weight excluding hydrogens is 562 g/mol. The number of carbonyl (C=O) groups is 1. The third kappa shape index (κ3) is 5.11. The summed E-state index contributed by atoms with van der Waals surface area (Å²) in [6.07, 6.45) is 8.20. The molecule has 9 heteroatoms. The maximum atomic E-state index is 12.4. The van der Waals surface area contributed by atoms with Crippen LogP contribution < -0.4 is 0 Å². The Balaban J connectivity index is 1.19. The van der Waals surface area contributed by atoms with Crippen molar-refractivity contribution in [2.75, 3.05) is 0 Å². The zero-order valence-corrected chi connectivity index (χ0v) is 27.9.